The summed E-state index contributed by atoms with van der Waals surface area (Å²) in [4.78, 5) is 12.1. The molecule has 35 heavy (non-hydrogen) atoms. The molecule has 3 saturated carbocycles. The number of anilines is 3. The van der Waals surface area contributed by atoms with Crippen molar-refractivity contribution in [2.24, 2.45) is 11.3 Å². The topological polar surface area (TPSA) is 108 Å². The maximum atomic E-state index is 13.7. The predicted molar refractivity (Wildman–Crippen MR) is 138 cm³/mol. The van der Waals surface area contributed by atoms with Crippen molar-refractivity contribution in [1.29, 1.82) is 0 Å². The van der Waals surface area contributed by atoms with Crippen LogP contribution in [0, 0.1) is 18.3 Å². The van der Waals surface area contributed by atoms with Crippen LogP contribution in [0.2, 0.25) is 5.02 Å². The highest BCUT2D eigenvalue weighted by molar-refractivity contribution is 7.92. The van der Waals surface area contributed by atoms with Gasteiger partial charge in [-0.05, 0) is 86.3 Å². The zero-order valence-electron chi connectivity index (χ0n) is 20.5. The fourth-order valence-electron chi connectivity index (χ4n) is 6.21. The number of benzene rings is 2. The number of sulfonamides is 1. The zero-order valence-corrected chi connectivity index (χ0v) is 22.0. The Labute approximate surface area is 211 Å². The smallest absolute Gasteiger partial charge is 0.263 e. The first kappa shape index (κ1) is 24.4. The first-order valence-corrected chi connectivity index (χ1v) is 13.9. The number of carbonyl (C=O) groups excluding carboxylic acids is 1. The molecule has 0 aromatic heterocycles. The lowest BCUT2D eigenvalue weighted by atomic mass is 9.40. The second-order valence-electron chi connectivity index (χ2n) is 11.1. The van der Waals surface area contributed by atoms with E-state index in [-0.39, 0.29) is 16.2 Å². The number of rotatable bonds is 5. The lowest BCUT2D eigenvalue weighted by Gasteiger charge is -2.70. The summed E-state index contributed by atoms with van der Waals surface area (Å²) >= 11 is 6.22. The third-order valence-electron chi connectivity index (χ3n) is 8.76. The number of nitrogens with one attached hydrogen (secondary N) is 3. The Morgan fingerprint density at radius 2 is 1.89 bits per heavy atom. The average Bonchev–Trinajstić information content (AvgIpc) is 2.77. The Balaban J connectivity index is 1.58. The molecule has 3 aliphatic carbocycles. The summed E-state index contributed by atoms with van der Waals surface area (Å²) in [7, 11) is -4.02. The van der Waals surface area contributed by atoms with Gasteiger partial charge in [-0.15, -0.1) is 0 Å². The molecule has 1 aliphatic heterocycles. The first-order chi connectivity index (χ1) is 16.3. The second kappa shape index (κ2) is 7.85. The number of aryl methyl sites for hydroxylation is 2. The highest BCUT2D eigenvalue weighted by Gasteiger charge is 2.70. The first-order valence-electron chi connectivity index (χ1n) is 12.0. The number of halogens is 1. The van der Waals surface area contributed by atoms with E-state index in [1.54, 1.807) is 30.3 Å². The van der Waals surface area contributed by atoms with Gasteiger partial charge in [0.1, 0.15) is 4.90 Å². The highest BCUT2D eigenvalue weighted by atomic mass is 35.5. The Hall–Kier alpha value is -2.29. The van der Waals surface area contributed by atoms with E-state index in [0.717, 1.165) is 17.5 Å². The lowest BCUT2D eigenvalue weighted by molar-refractivity contribution is -0.254. The van der Waals surface area contributed by atoms with Crippen molar-refractivity contribution in [3.05, 3.63) is 46.5 Å². The Morgan fingerprint density at radius 3 is 2.57 bits per heavy atom. The minimum absolute atomic E-state index is 0.0770. The summed E-state index contributed by atoms with van der Waals surface area (Å²) < 4.78 is 30.0. The van der Waals surface area contributed by atoms with Crippen molar-refractivity contribution in [2.75, 3.05) is 15.4 Å². The molecule has 1 amide bonds. The SMILES string of the molecule is Cc1ccc(NS(=O)(=O)c2cc3c(cc2NC2(C)CCC4C[C@]2(O)C4(C)C)NC(=O)CC3)cc1Cl. The van der Waals surface area contributed by atoms with Gasteiger partial charge in [0, 0.05) is 17.1 Å². The van der Waals surface area contributed by atoms with Crippen molar-refractivity contribution in [1.82, 2.24) is 0 Å². The Morgan fingerprint density at radius 1 is 1.14 bits per heavy atom. The maximum absolute atomic E-state index is 13.7. The average molecular weight is 518 g/mol. The zero-order chi connectivity index (χ0) is 25.4. The molecule has 6 rings (SSSR count). The summed E-state index contributed by atoms with van der Waals surface area (Å²) in [5.74, 6) is 0.346. The molecule has 7 nitrogen and oxygen atoms in total. The van der Waals surface area contributed by atoms with Gasteiger partial charge < -0.3 is 15.7 Å². The third kappa shape index (κ3) is 3.72. The molecule has 0 saturated heterocycles. The van der Waals surface area contributed by atoms with Gasteiger partial charge in [-0.3, -0.25) is 9.52 Å². The van der Waals surface area contributed by atoms with Crippen LogP contribution < -0.4 is 15.4 Å². The Kier molecular flexibility index (Phi) is 5.48. The van der Waals surface area contributed by atoms with E-state index < -0.39 is 21.2 Å². The number of fused-ring (bicyclic) bond motifs is 3. The minimum atomic E-state index is -4.02. The molecule has 4 N–H and O–H groups in total. The van der Waals surface area contributed by atoms with Crippen LogP contribution in [0.4, 0.5) is 17.1 Å². The molecule has 2 bridgehead atoms. The molecule has 2 unspecified atom stereocenters. The van der Waals surface area contributed by atoms with Crippen LogP contribution in [0.25, 0.3) is 0 Å². The molecular formula is C26H32ClN3O4S. The number of aliphatic hydroxyl groups is 1. The van der Waals surface area contributed by atoms with Gasteiger partial charge in [-0.25, -0.2) is 8.42 Å². The van der Waals surface area contributed by atoms with E-state index in [1.165, 1.54) is 0 Å². The summed E-state index contributed by atoms with van der Waals surface area (Å²) in [6.45, 7) is 7.97. The fraction of sp³-hybridized carbons (Fsp3) is 0.500. The van der Waals surface area contributed by atoms with Crippen LogP contribution in [-0.2, 0) is 21.2 Å². The van der Waals surface area contributed by atoms with Gasteiger partial charge in [0.2, 0.25) is 5.91 Å². The van der Waals surface area contributed by atoms with Gasteiger partial charge in [-0.2, -0.15) is 0 Å². The molecule has 3 atom stereocenters. The van der Waals surface area contributed by atoms with Crippen molar-refractivity contribution in [3.63, 3.8) is 0 Å². The Bertz CT molecular complexity index is 1340. The van der Waals surface area contributed by atoms with Crippen molar-refractivity contribution >= 4 is 44.6 Å². The van der Waals surface area contributed by atoms with Crippen LogP contribution in [-0.4, -0.2) is 30.6 Å². The fourth-order valence-corrected chi connectivity index (χ4v) is 7.63. The van der Waals surface area contributed by atoms with Crippen LogP contribution >= 0.6 is 11.6 Å². The van der Waals surface area contributed by atoms with E-state index in [4.69, 9.17) is 11.6 Å². The number of hydrogen-bond acceptors (Lipinski definition) is 5. The summed E-state index contributed by atoms with van der Waals surface area (Å²) in [5, 5.41) is 18.5. The molecule has 2 aromatic carbocycles. The van der Waals surface area contributed by atoms with Gasteiger partial charge in [0.15, 0.2) is 0 Å². The monoisotopic (exact) mass is 517 g/mol. The standard InChI is InChI=1S/C26H32ClN3O4S/c1-15-5-7-18(12-19(15)27)30-35(33,34)22-11-16-6-8-23(31)28-20(16)13-21(22)29-25(4)10-9-17-14-26(25,32)24(17,2)3/h5,7,11-13,17,29-30,32H,6,8-10,14H2,1-4H3,(H,28,31)/t17?,25?,26-/m0/s1. The predicted octanol–water partition coefficient (Wildman–Crippen LogP) is 5.08. The molecule has 4 aliphatic rings. The summed E-state index contributed by atoms with van der Waals surface area (Å²) in [5.41, 5.74) is 0.910. The number of amides is 1. The van der Waals surface area contributed by atoms with Crippen molar-refractivity contribution < 1.29 is 18.3 Å². The van der Waals surface area contributed by atoms with Crippen LogP contribution in [0.15, 0.2) is 35.2 Å². The summed E-state index contributed by atoms with van der Waals surface area (Å²) in [6.07, 6.45) is 3.08. The number of hydrogen-bond donors (Lipinski definition) is 4. The summed E-state index contributed by atoms with van der Waals surface area (Å²) in [6, 6.07) is 8.33. The van der Waals surface area contributed by atoms with Gasteiger partial charge in [0.05, 0.1) is 22.5 Å². The quantitative estimate of drug-likeness (QED) is 0.442. The van der Waals surface area contributed by atoms with Gasteiger partial charge >= 0.3 is 0 Å². The highest BCUT2D eigenvalue weighted by Crippen LogP contribution is 2.66. The molecule has 2 aromatic rings. The van der Waals surface area contributed by atoms with Crippen LogP contribution in [0.5, 0.6) is 0 Å². The minimum Gasteiger partial charge on any atom is -0.387 e. The maximum Gasteiger partial charge on any atom is 0.263 e. The van der Waals surface area contributed by atoms with Crippen molar-refractivity contribution in [3.8, 4) is 0 Å². The molecule has 9 heteroatoms. The van der Waals surface area contributed by atoms with Crippen LogP contribution in [0.3, 0.4) is 0 Å². The van der Waals surface area contributed by atoms with E-state index in [9.17, 15) is 18.3 Å². The molecule has 0 spiro atoms. The van der Waals surface area contributed by atoms with E-state index in [1.807, 2.05) is 13.8 Å². The van der Waals surface area contributed by atoms with Crippen LogP contribution in [0.1, 0.15) is 57.6 Å². The van der Waals surface area contributed by atoms with Gasteiger partial charge in [0.25, 0.3) is 10.0 Å². The van der Waals surface area contributed by atoms with Gasteiger partial charge in [-0.1, -0.05) is 31.5 Å². The van der Waals surface area contributed by atoms with E-state index in [0.29, 0.717) is 53.7 Å². The second-order valence-corrected chi connectivity index (χ2v) is 13.2. The normalized spacial score (nSPS) is 29.0. The van der Waals surface area contributed by atoms with E-state index >= 15 is 0 Å². The molecule has 0 radical (unpaired) electrons. The van der Waals surface area contributed by atoms with Crippen molar-refractivity contribution in [2.45, 2.75) is 75.8 Å². The molecule has 1 heterocycles. The van der Waals surface area contributed by atoms with E-state index in [2.05, 4.69) is 29.2 Å². The lowest BCUT2D eigenvalue weighted by Crippen LogP contribution is -2.76. The molecule has 188 valence electrons. The molecular weight excluding hydrogens is 486 g/mol. The largest absolute Gasteiger partial charge is 0.387 e. The third-order valence-corrected chi connectivity index (χ3v) is 10.6. The molecule has 3 fully saturated rings. The number of carbonyl (C=O) groups is 1.